The highest BCUT2D eigenvalue weighted by atomic mass is 19.1. The van der Waals surface area contributed by atoms with Gasteiger partial charge in [-0.2, -0.15) is 0 Å². The number of anilines is 2. The maximum atomic E-state index is 13.6. The molecule has 0 spiro atoms. The lowest BCUT2D eigenvalue weighted by atomic mass is 10.1. The number of hydrogen-bond acceptors (Lipinski definition) is 8. The summed E-state index contributed by atoms with van der Waals surface area (Å²) in [6.45, 7) is 1.75. The van der Waals surface area contributed by atoms with Crippen molar-refractivity contribution in [2.75, 3.05) is 44.1 Å². The summed E-state index contributed by atoms with van der Waals surface area (Å²) in [7, 11) is 1.66. The number of H-pyrrole nitrogens is 1. The van der Waals surface area contributed by atoms with Crippen LogP contribution >= 0.6 is 0 Å². The van der Waals surface area contributed by atoms with Gasteiger partial charge in [0.2, 0.25) is 11.9 Å². The monoisotopic (exact) mass is 546 g/mol. The van der Waals surface area contributed by atoms with E-state index < -0.39 is 12.2 Å². The predicted octanol–water partition coefficient (Wildman–Crippen LogP) is 4.29. The maximum Gasteiger partial charge on any atom is 0.232 e. The molecule has 1 aliphatic rings. The lowest BCUT2D eigenvalue weighted by Gasteiger charge is -2.28. The van der Waals surface area contributed by atoms with Gasteiger partial charge in [-0.3, -0.25) is 4.79 Å². The third-order valence-corrected chi connectivity index (χ3v) is 6.33. The maximum absolute atomic E-state index is 13.6. The van der Waals surface area contributed by atoms with E-state index in [1.807, 2.05) is 30.3 Å². The van der Waals surface area contributed by atoms with Gasteiger partial charge in [0, 0.05) is 37.7 Å². The highest BCUT2D eigenvalue weighted by Crippen LogP contribution is 2.30. The van der Waals surface area contributed by atoms with Gasteiger partial charge >= 0.3 is 0 Å². The summed E-state index contributed by atoms with van der Waals surface area (Å²) in [5, 5.41) is 6.08. The van der Waals surface area contributed by atoms with Gasteiger partial charge in [-0.1, -0.05) is 18.2 Å². The number of aromatic amines is 1. The number of rotatable bonds is 11. The molecule has 1 amide bonds. The molecule has 40 heavy (non-hydrogen) atoms. The van der Waals surface area contributed by atoms with Crippen molar-refractivity contribution in [3.8, 4) is 22.6 Å². The van der Waals surface area contributed by atoms with Crippen LogP contribution in [0.3, 0.4) is 0 Å². The fourth-order valence-corrected chi connectivity index (χ4v) is 4.26. The summed E-state index contributed by atoms with van der Waals surface area (Å²) in [4.78, 5) is 29.7. The zero-order valence-corrected chi connectivity index (χ0v) is 22.1. The molecule has 208 valence electrons. The normalized spacial score (nSPS) is 16.9. The number of nitrogens with zero attached hydrogens (tertiary/aromatic N) is 3. The molecule has 1 aliphatic heterocycles. The number of aromatic nitrogens is 4. The van der Waals surface area contributed by atoms with Crippen molar-refractivity contribution in [3.05, 3.63) is 78.5 Å². The fourth-order valence-electron chi connectivity index (χ4n) is 4.26. The largest absolute Gasteiger partial charge is 0.385 e. The number of methoxy groups -OCH3 is 1. The van der Waals surface area contributed by atoms with Gasteiger partial charge in [0.1, 0.15) is 11.6 Å². The van der Waals surface area contributed by atoms with E-state index in [2.05, 4.69) is 25.6 Å². The molecule has 3 heterocycles. The van der Waals surface area contributed by atoms with Gasteiger partial charge in [0.25, 0.3) is 0 Å². The van der Waals surface area contributed by atoms with E-state index in [9.17, 15) is 9.18 Å². The predicted molar refractivity (Wildman–Crippen MR) is 148 cm³/mol. The van der Waals surface area contributed by atoms with E-state index in [1.165, 1.54) is 12.1 Å². The molecule has 0 unspecified atom stereocenters. The Morgan fingerprint density at radius 2 is 1.85 bits per heavy atom. The topological polar surface area (TPSA) is 123 Å². The molecular formula is C29H31FN6O4. The van der Waals surface area contributed by atoms with E-state index in [-0.39, 0.29) is 24.9 Å². The lowest BCUT2D eigenvalue weighted by Crippen LogP contribution is -2.39. The number of carbonyl (C=O) groups is 1. The van der Waals surface area contributed by atoms with E-state index in [1.54, 1.807) is 31.5 Å². The van der Waals surface area contributed by atoms with Crippen molar-refractivity contribution >= 4 is 17.5 Å². The zero-order chi connectivity index (χ0) is 27.7. The van der Waals surface area contributed by atoms with Crippen LogP contribution in [0.15, 0.2) is 66.9 Å². The van der Waals surface area contributed by atoms with Crippen molar-refractivity contribution in [2.24, 2.45) is 5.92 Å². The minimum atomic E-state index is -0.579. The van der Waals surface area contributed by atoms with E-state index >= 15 is 0 Å². The molecule has 2 aromatic carbocycles. The minimum Gasteiger partial charge on any atom is -0.385 e. The second-order valence-electron chi connectivity index (χ2n) is 9.31. The molecule has 0 radical (unpaired) electrons. The number of halogens is 1. The Morgan fingerprint density at radius 3 is 2.60 bits per heavy atom. The molecule has 5 rings (SSSR count). The Labute approximate surface area is 231 Å². The van der Waals surface area contributed by atoms with Crippen LogP contribution in [-0.4, -0.2) is 65.6 Å². The quantitative estimate of drug-likeness (QED) is 0.238. The van der Waals surface area contributed by atoms with Gasteiger partial charge < -0.3 is 29.8 Å². The first-order valence-corrected chi connectivity index (χ1v) is 13.1. The van der Waals surface area contributed by atoms with Crippen LogP contribution in [0.25, 0.3) is 22.6 Å². The molecule has 1 fully saturated rings. The van der Waals surface area contributed by atoms with Crippen molar-refractivity contribution in [2.45, 2.75) is 19.1 Å². The molecule has 0 aliphatic carbocycles. The van der Waals surface area contributed by atoms with Gasteiger partial charge in [-0.15, -0.1) is 0 Å². The molecular weight excluding hydrogens is 515 g/mol. The van der Waals surface area contributed by atoms with Crippen LogP contribution in [0, 0.1) is 11.7 Å². The highest BCUT2D eigenvalue weighted by molar-refractivity contribution is 5.92. The zero-order valence-electron chi connectivity index (χ0n) is 22.1. The van der Waals surface area contributed by atoms with Gasteiger partial charge in [-0.05, 0) is 48.9 Å². The summed E-state index contributed by atoms with van der Waals surface area (Å²) in [5.41, 5.74) is 3.37. The molecule has 2 aromatic heterocycles. The summed E-state index contributed by atoms with van der Waals surface area (Å²) in [6.07, 6.45) is 2.23. The summed E-state index contributed by atoms with van der Waals surface area (Å²) in [6, 6.07) is 17.2. The third kappa shape index (κ3) is 7.06. The number of para-hydroxylation sites is 1. The number of hydrogen-bond donors (Lipinski definition) is 3. The molecule has 0 bridgehead atoms. The standard InChI is InChI=1S/C29H31FN6O4/c1-38-15-5-13-31-29-32-14-12-23(34-29)27-26(19-8-10-21(30)11-9-19)35-24(36-27)16-25-39-17-20(18-40-25)28(37)33-22-6-3-2-4-7-22/h2-4,6-12,14,20,25H,5,13,15-18H2,1H3,(H,33,37)(H,35,36)(H,31,32,34). The first kappa shape index (κ1) is 27.4. The van der Waals surface area contributed by atoms with E-state index in [0.717, 1.165) is 17.7 Å². The lowest BCUT2D eigenvalue weighted by molar-refractivity contribution is -0.199. The number of imidazole rings is 1. The molecule has 0 atom stereocenters. The van der Waals surface area contributed by atoms with Crippen molar-refractivity contribution in [1.29, 1.82) is 0 Å². The van der Waals surface area contributed by atoms with Crippen LogP contribution in [0.4, 0.5) is 16.0 Å². The third-order valence-electron chi connectivity index (χ3n) is 6.33. The van der Waals surface area contributed by atoms with Crippen molar-refractivity contribution in [3.63, 3.8) is 0 Å². The van der Waals surface area contributed by atoms with Crippen LogP contribution in [-0.2, 0) is 25.4 Å². The van der Waals surface area contributed by atoms with Crippen LogP contribution in [0.5, 0.6) is 0 Å². The number of carbonyl (C=O) groups excluding carboxylic acids is 1. The Kier molecular flexibility index (Phi) is 9.07. The summed E-state index contributed by atoms with van der Waals surface area (Å²) in [5.74, 6) is 0.182. The molecule has 1 saturated heterocycles. The van der Waals surface area contributed by atoms with E-state index in [0.29, 0.717) is 48.4 Å². The van der Waals surface area contributed by atoms with Gasteiger partial charge in [0.15, 0.2) is 6.29 Å². The number of ether oxygens (including phenoxy) is 3. The van der Waals surface area contributed by atoms with Gasteiger partial charge in [0.05, 0.1) is 42.6 Å². The summed E-state index contributed by atoms with van der Waals surface area (Å²) >= 11 is 0. The van der Waals surface area contributed by atoms with E-state index in [4.69, 9.17) is 19.2 Å². The Hall–Kier alpha value is -4.19. The smallest absolute Gasteiger partial charge is 0.232 e. The average Bonchev–Trinajstić information content (AvgIpc) is 3.40. The molecule has 10 nitrogen and oxygen atoms in total. The highest BCUT2D eigenvalue weighted by Gasteiger charge is 2.29. The minimum absolute atomic E-state index is 0.154. The van der Waals surface area contributed by atoms with Gasteiger partial charge in [-0.25, -0.2) is 19.3 Å². The molecule has 11 heteroatoms. The average molecular weight is 547 g/mol. The fraction of sp³-hybridized carbons (Fsp3) is 0.310. The Balaban J connectivity index is 1.29. The Morgan fingerprint density at radius 1 is 1.07 bits per heavy atom. The first-order chi connectivity index (χ1) is 19.6. The van der Waals surface area contributed by atoms with Crippen LogP contribution in [0.2, 0.25) is 0 Å². The molecule has 3 N–H and O–H groups in total. The molecule has 0 saturated carbocycles. The molecule has 4 aromatic rings. The SMILES string of the molecule is COCCCNc1nccc(-c2[nH]c(CC3OCC(C(=O)Nc4ccccc4)CO3)nc2-c2ccc(F)cc2)n1. The van der Waals surface area contributed by atoms with Crippen molar-refractivity contribution < 1.29 is 23.4 Å². The number of amides is 1. The second-order valence-corrected chi connectivity index (χ2v) is 9.31. The number of benzene rings is 2. The first-order valence-electron chi connectivity index (χ1n) is 13.1. The number of nitrogens with one attached hydrogen (secondary N) is 3. The van der Waals surface area contributed by atoms with Crippen molar-refractivity contribution in [1.82, 2.24) is 19.9 Å². The van der Waals surface area contributed by atoms with Crippen LogP contribution in [0.1, 0.15) is 12.2 Å². The summed E-state index contributed by atoms with van der Waals surface area (Å²) < 4.78 is 30.5. The Bertz CT molecular complexity index is 1390. The second kappa shape index (κ2) is 13.2. The van der Waals surface area contributed by atoms with Crippen LogP contribution < -0.4 is 10.6 Å².